The third kappa shape index (κ3) is 5.23. The fraction of sp³-hybridized carbons (Fsp3) is 0.188. The van der Waals surface area contributed by atoms with Crippen molar-refractivity contribution in [3.8, 4) is 5.75 Å². The second kappa shape index (κ2) is 8.09. The minimum atomic E-state index is -0.435. The van der Waals surface area contributed by atoms with Crippen molar-refractivity contribution in [1.82, 2.24) is 5.43 Å². The molecule has 0 bridgehead atoms. The summed E-state index contributed by atoms with van der Waals surface area (Å²) in [4.78, 5) is 17.5. The van der Waals surface area contributed by atoms with Gasteiger partial charge in [0.15, 0.2) is 6.61 Å². The van der Waals surface area contributed by atoms with Gasteiger partial charge in [0.25, 0.3) is 5.91 Å². The topological polar surface area (TPSA) is 83.3 Å². The van der Waals surface area contributed by atoms with E-state index in [0.717, 1.165) is 10.4 Å². The van der Waals surface area contributed by atoms with E-state index < -0.39 is 5.91 Å². The number of benzene rings is 1. The molecule has 120 valence electrons. The summed E-state index contributed by atoms with van der Waals surface area (Å²) in [6.07, 6.45) is 1.37. The molecule has 7 heteroatoms. The minimum Gasteiger partial charge on any atom is -0.507 e. The molecule has 0 spiro atoms. The number of carbonyl (C=O) groups excluding carboxylic acids is 1. The van der Waals surface area contributed by atoms with Gasteiger partial charge in [-0.2, -0.15) is 5.10 Å². The van der Waals surface area contributed by atoms with Crippen LogP contribution in [0.1, 0.15) is 22.9 Å². The summed E-state index contributed by atoms with van der Waals surface area (Å²) in [5, 5.41) is 19.3. The monoisotopic (exact) mass is 331 g/mol. The van der Waals surface area contributed by atoms with Crippen LogP contribution in [0.5, 0.6) is 5.75 Å². The largest absolute Gasteiger partial charge is 0.507 e. The molecular formula is C16H17N3O3S. The Balaban J connectivity index is 1.79. The molecule has 2 aromatic rings. The highest BCUT2D eigenvalue weighted by Crippen LogP contribution is 2.16. The Morgan fingerprint density at radius 1 is 1.43 bits per heavy atom. The summed E-state index contributed by atoms with van der Waals surface area (Å²) < 4.78 is 0. The molecule has 0 atom stereocenters. The Morgan fingerprint density at radius 2 is 2.26 bits per heavy atom. The lowest BCUT2D eigenvalue weighted by atomic mass is 10.1. The summed E-state index contributed by atoms with van der Waals surface area (Å²) in [5.74, 6) is -0.328. The van der Waals surface area contributed by atoms with E-state index in [-0.39, 0.29) is 12.4 Å². The maximum Gasteiger partial charge on any atom is 0.280 e. The molecule has 0 unspecified atom stereocenters. The Hall–Kier alpha value is -2.67. The fourth-order valence-corrected chi connectivity index (χ4v) is 2.35. The first-order chi connectivity index (χ1) is 11.1. The van der Waals surface area contributed by atoms with Crippen molar-refractivity contribution in [2.45, 2.75) is 13.8 Å². The number of phenols is 1. The molecule has 6 nitrogen and oxygen atoms in total. The zero-order chi connectivity index (χ0) is 16.7. The average Bonchev–Trinajstić information content (AvgIpc) is 3.04. The van der Waals surface area contributed by atoms with E-state index in [1.54, 1.807) is 23.5 Å². The number of nitrogens with one attached hydrogen (secondary N) is 1. The zero-order valence-electron chi connectivity index (χ0n) is 12.8. The molecule has 0 aliphatic carbocycles. The average molecular weight is 331 g/mol. The zero-order valence-corrected chi connectivity index (χ0v) is 13.6. The molecule has 0 aliphatic rings. The van der Waals surface area contributed by atoms with Crippen LogP contribution in [0.15, 0.2) is 46.0 Å². The number of rotatable bonds is 6. The van der Waals surface area contributed by atoms with Gasteiger partial charge in [0.1, 0.15) is 5.75 Å². The molecule has 1 aromatic heterocycles. The molecule has 1 aromatic carbocycles. The Kier molecular flexibility index (Phi) is 5.87. The quantitative estimate of drug-likeness (QED) is 0.630. The van der Waals surface area contributed by atoms with E-state index in [0.29, 0.717) is 11.3 Å². The van der Waals surface area contributed by atoms with Crippen LogP contribution >= 0.6 is 11.3 Å². The number of oxime groups is 1. The third-order valence-electron chi connectivity index (χ3n) is 2.85. The molecule has 2 N–H and O–H groups in total. The van der Waals surface area contributed by atoms with Crippen molar-refractivity contribution in [2.24, 2.45) is 10.3 Å². The van der Waals surface area contributed by atoms with E-state index in [2.05, 4.69) is 15.7 Å². The van der Waals surface area contributed by atoms with Crippen molar-refractivity contribution in [3.63, 3.8) is 0 Å². The SMILES string of the molecule is C/C(=N\OCC(=O)N/N=C/c1ccc(C)cc1O)c1cccs1. The summed E-state index contributed by atoms with van der Waals surface area (Å²) in [5.41, 5.74) is 4.48. The molecular weight excluding hydrogens is 314 g/mol. The molecule has 23 heavy (non-hydrogen) atoms. The predicted octanol–water partition coefficient (Wildman–Crippen LogP) is 2.65. The number of aromatic hydroxyl groups is 1. The molecule has 0 aliphatic heterocycles. The lowest BCUT2D eigenvalue weighted by molar-refractivity contribution is -0.125. The number of thiophene rings is 1. The van der Waals surface area contributed by atoms with Gasteiger partial charge in [-0.05, 0) is 43.0 Å². The highest BCUT2D eigenvalue weighted by molar-refractivity contribution is 7.12. The van der Waals surface area contributed by atoms with Gasteiger partial charge in [-0.1, -0.05) is 17.3 Å². The van der Waals surface area contributed by atoms with Gasteiger partial charge in [0.2, 0.25) is 0 Å². The normalized spacial score (nSPS) is 11.7. The van der Waals surface area contributed by atoms with Crippen molar-refractivity contribution in [1.29, 1.82) is 0 Å². The second-order valence-corrected chi connectivity index (χ2v) is 5.73. The van der Waals surface area contributed by atoms with Gasteiger partial charge in [0.05, 0.1) is 16.8 Å². The number of aryl methyl sites for hydroxylation is 1. The first-order valence-electron chi connectivity index (χ1n) is 6.88. The van der Waals surface area contributed by atoms with Gasteiger partial charge in [-0.15, -0.1) is 11.3 Å². The van der Waals surface area contributed by atoms with Crippen LogP contribution in [0.3, 0.4) is 0 Å². The molecule has 0 saturated carbocycles. The maximum absolute atomic E-state index is 11.6. The predicted molar refractivity (Wildman–Crippen MR) is 91.1 cm³/mol. The highest BCUT2D eigenvalue weighted by atomic mass is 32.1. The highest BCUT2D eigenvalue weighted by Gasteiger charge is 2.02. The van der Waals surface area contributed by atoms with Gasteiger partial charge in [-0.25, -0.2) is 5.43 Å². The summed E-state index contributed by atoms with van der Waals surface area (Å²) in [6, 6.07) is 9.01. The fourth-order valence-electron chi connectivity index (χ4n) is 1.69. The molecule has 2 rings (SSSR count). The first kappa shape index (κ1) is 16.7. The van der Waals surface area contributed by atoms with Crippen LogP contribution in [-0.2, 0) is 9.63 Å². The third-order valence-corrected chi connectivity index (χ3v) is 3.83. The van der Waals surface area contributed by atoms with E-state index in [4.69, 9.17) is 4.84 Å². The van der Waals surface area contributed by atoms with Crippen LogP contribution in [-0.4, -0.2) is 29.5 Å². The minimum absolute atomic E-state index is 0.107. The van der Waals surface area contributed by atoms with E-state index in [1.807, 2.05) is 37.4 Å². The van der Waals surface area contributed by atoms with Crippen LogP contribution in [0.25, 0.3) is 0 Å². The lowest BCUT2D eigenvalue weighted by Crippen LogP contribution is -2.22. The number of amides is 1. The van der Waals surface area contributed by atoms with Gasteiger partial charge in [0, 0.05) is 5.56 Å². The number of hydrogen-bond acceptors (Lipinski definition) is 6. The first-order valence-corrected chi connectivity index (χ1v) is 7.76. The molecule has 0 saturated heterocycles. The van der Waals surface area contributed by atoms with Crippen LogP contribution in [0, 0.1) is 6.92 Å². The number of hydrazone groups is 1. The number of phenolic OH excluding ortho intramolecular Hbond substituents is 1. The summed E-state index contributed by atoms with van der Waals surface area (Å²) in [6.45, 7) is 3.44. The van der Waals surface area contributed by atoms with Crippen LogP contribution < -0.4 is 5.43 Å². The van der Waals surface area contributed by atoms with Crippen LogP contribution in [0.2, 0.25) is 0 Å². The van der Waals surface area contributed by atoms with Crippen molar-refractivity contribution >= 4 is 29.2 Å². The standard InChI is InChI=1S/C16H17N3O3S/c1-11-5-6-13(14(20)8-11)9-17-18-16(21)10-22-19-12(2)15-4-3-7-23-15/h3-9,20H,10H2,1-2H3,(H,18,21)/b17-9+,19-12+. The smallest absolute Gasteiger partial charge is 0.280 e. The van der Waals surface area contributed by atoms with Crippen molar-refractivity contribution in [2.75, 3.05) is 6.61 Å². The number of nitrogens with zero attached hydrogens (tertiary/aromatic N) is 2. The Bertz CT molecular complexity index is 724. The summed E-state index contributed by atoms with van der Waals surface area (Å²) >= 11 is 1.55. The lowest BCUT2D eigenvalue weighted by Gasteiger charge is -2.01. The molecule has 1 heterocycles. The van der Waals surface area contributed by atoms with Crippen molar-refractivity contribution < 1.29 is 14.7 Å². The Labute approximate surface area is 138 Å². The maximum atomic E-state index is 11.6. The van der Waals surface area contributed by atoms with Crippen molar-refractivity contribution in [3.05, 3.63) is 51.7 Å². The van der Waals surface area contributed by atoms with Gasteiger partial charge < -0.3 is 9.94 Å². The van der Waals surface area contributed by atoms with E-state index in [9.17, 15) is 9.90 Å². The van der Waals surface area contributed by atoms with Gasteiger partial charge >= 0.3 is 0 Å². The number of hydrogen-bond donors (Lipinski definition) is 2. The summed E-state index contributed by atoms with van der Waals surface area (Å²) in [7, 11) is 0. The van der Waals surface area contributed by atoms with Crippen LogP contribution in [0.4, 0.5) is 0 Å². The Morgan fingerprint density at radius 3 is 2.96 bits per heavy atom. The molecule has 0 fully saturated rings. The number of carbonyl (C=O) groups is 1. The molecule has 0 radical (unpaired) electrons. The van der Waals surface area contributed by atoms with E-state index in [1.165, 1.54) is 6.21 Å². The molecule has 1 amide bonds. The van der Waals surface area contributed by atoms with Gasteiger partial charge in [-0.3, -0.25) is 4.79 Å². The second-order valence-electron chi connectivity index (χ2n) is 4.78. The van der Waals surface area contributed by atoms with E-state index >= 15 is 0 Å².